The Labute approximate surface area is 168 Å². The molecule has 1 nitrogen and oxygen atoms in total. The van der Waals surface area contributed by atoms with Crippen LogP contribution in [-0.2, 0) is 18.9 Å². The number of hydrogen-bond acceptors (Lipinski definition) is 2. The van der Waals surface area contributed by atoms with Crippen LogP contribution in [0.15, 0.2) is 83.1 Å². The summed E-state index contributed by atoms with van der Waals surface area (Å²) in [6.07, 6.45) is 12.1. The molecular weight excluding hydrogens is 379 g/mol. The smallest absolute Gasteiger partial charge is 0.268 e. The molecule has 2 aromatic carbocycles. The highest BCUT2D eigenvalue weighted by atomic mass is 32.2. The van der Waals surface area contributed by atoms with Crippen molar-refractivity contribution in [2.75, 3.05) is 0 Å². The summed E-state index contributed by atoms with van der Waals surface area (Å²) in [5.74, 6) is -0.701. The average Bonchev–Trinajstić information content (AvgIpc) is 2.66. The summed E-state index contributed by atoms with van der Waals surface area (Å²) in [6.45, 7) is 5.66. The molecular formula is C23H24F3NS. The lowest BCUT2D eigenvalue weighted by molar-refractivity contribution is -0.000336. The van der Waals surface area contributed by atoms with Gasteiger partial charge in [0.1, 0.15) is 5.82 Å². The van der Waals surface area contributed by atoms with Crippen molar-refractivity contribution in [3.63, 3.8) is 0 Å². The minimum atomic E-state index is -3.59. The number of benzene rings is 2. The largest absolute Gasteiger partial charge is 0.328 e. The fourth-order valence-corrected chi connectivity index (χ4v) is 3.84. The van der Waals surface area contributed by atoms with Gasteiger partial charge in [-0.1, -0.05) is 73.8 Å². The van der Waals surface area contributed by atoms with E-state index in [1.807, 2.05) is 43.4 Å². The molecule has 0 aliphatic rings. The van der Waals surface area contributed by atoms with E-state index < -0.39 is 17.4 Å². The Morgan fingerprint density at radius 2 is 1.89 bits per heavy atom. The van der Waals surface area contributed by atoms with Crippen LogP contribution in [0.4, 0.5) is 13.2 Å². The van der Waals surface area contributed by atoms with E-state index in [-0.39, 0.29) is 4.90 Å². The molecule has 0 unspecified atom stereocenters. The van der Waals surface area contributed by atoms with Crippen LogP contribution in [-0.4, -0.2) is 0 Å². The van der Waals surface area contributed by atoms with Crippen molar-refractivity contribution in [2.45, 2.75) is 42.0 Å². The number of hydrogen-bond donors (Lipinski definition) is 1. The van der Waals surface area contributed by atoms with Crippen molar-refractivity contribution in [1.82, 2.24) is 0 Å². The summed E-state index contributed by atoms with van der Waals surface area (Å²) < 4.78 is 41.5. The topological polar surface area (TPSA) is 26.0 Å². The first-order chi connectivity index (χ1) is 13.4. The molecule has 2 N–H and O–H groups in total. The van der Waals surface area contributed by atoms with Crippen molar-refractivity contribution in [1.29, 1.82) is 0 Å². The predicted molar refractivity (Wildman–Crippen MR) is 111 cm³/mol. The van der Waals surface area contributed by atoms with Gasteiger partial charge in [0, 0.05) is 4.90 Å². The number of allylic oxidation sites excluding steroid dienone is 5. The summed E-state index contributed by atoms with van der Waals surface area (Å²) in [5.41, 5.74) is 6.75. The third-order valence-electron chi connectivity index (χ3n) is 4.18. The summed E-state index contributed by atoms with van der Waals surface area (Å²) in [7, 11) is 0. The zero-order chi connectivity index (χ0) is 20.6. The second-order valence-corrected chi connectivity index (χ2v) is 7.30. The highest BCUT2D eigenvalue weighted by Gasteiger charge is 2.30. The highest BCUT2D eigenvalue weighted by Crippen LogP contribution is 2.38. The molecule has 0 bridgehead atoms. The molecule has 0 aromatic heterocycles. The Balaban J connectivity index is 2.20. The Bertz CT molecular complexity index is 867. The highest BCUT2D eigenvalue weighted by molar-refractivity contribution is 7.99. The van der Waals surface area contributed by atoms with Crippen LogP contribution in [0.1, 0.15) is 30.0 Å². The number of alkyl halides is 2. The lowest BCUT2D eigenvalue weighted by atomic mass is 10.0. The van der Waals surface area contributed by atoms with E-state index in [1.165, 1.54) is 17.7 Å². The zero-order valence-electron chi connectivity index (χ0n) is 15.8. The summed E-state index contributed by atoms with van der Waals surface area (Å²) in [6, 6.07) is 5.74. The molecule has 0 fully saturated rings. The quantitative estimate of drug-likeness (QED) is 0.369. The van der Waals surface area contributed by atoms with E-state index in [1.54, 1.807) is 6.08 Å². The number of nitrogens with two attached hydrogens (primary N) is 1. The zero-order valence-corrected chi connectivity index (χ0v) is 16.6. The molecule has 0 amide bonds. The van der Waals surface area contributed by atoms with Crippen LogP contribution in [0.5, 0.6) is 0 Å². The molecule has 0 aliphatic heterocycles. The maximum absolute atomic E-state index is 14.2. The monoisotopic (exact) mass is 403 g/mol. The van der Waals surface area contributed by atoms with Gasteiger partial charge in [-0.25, -0.2) is 4.39 Å². The van der Waals surface area contributed by atoms with Gasteiger partial charge in [-0.2, -0.15) is 8.78 Å². The van der Waals surface area contributed by atoms with Gasteiger partial charge in [-0.05, 0) is 48.6 Å². The van der Waals surface area contributed by atoms with Crippen molar-refractivity contribution in [3.05, 3.63) is 95.9 Å². The molecule has 2 rings (SSSR count). The van der Waals surface area contributed by atoms with Crippen molar-refractivity contribution < 1.29 is 13.2 Å². The second-order valence-electron chi connectivity index (χ2n) is 6.21. The van der Waals surface area contributed by atoms with Crippen LogP contribution < -0.4 is 5.73 Å². The summed E-state index contributed by atoms with van der Waals surface area (Å²) in [5, 5.41) is 0. The predicted octanol–water partition coefficient (Wildman–Crippen LogP) is 6.78. The van der Waals surface area contributed by atoms with Crippen molar-refractivity contribution in [3.8, 4) is 0 Å². The van der Waals surface area contributed by atoms with Gasteiger partial charge in [-0.15, -0.1) is 0 Å². The SMILES string of the molecule is C=C/C=C\C=C\CCc1ccc(Sc2c(F)cccc2C(N)(F)F)cc1CC. The molecule has 0 spiro atoms. The Hall–Kier alpha value is -2.24. The third-order valence-corrected chi connectivity index (χ3v) is 5.29. The van der Waals surface area contributed by atoms with Crippen LogP contribution in [0, 0.1) is 5.82 Å². The minimum Gasteiger partial charge on any atom is -0.268 e. The van der Waals surface area contributed by atoms with Gasteiger partial charge in [0.25, 0.3) is 0 Å². The van der Waals surface area contributed by atoms with Crippen LogP contribution in [0.25, 0.3) is 0 Å². The molecule has 148 valence electrons. The lowest BCUT2D eigenvalue weighted by Gasteiger charge is -2.16. The molecule has 0 saturated heterocycles. The number of halogens is 3. The fourth-order valence-electron chi connectivity index (χ4n) is 2.79. The molecule has 28 heavy (non-hydrogen) atoms. The second kappa shape index (κ2) is 10.3. The summed E-state index contributed by atoms with van der Waals surface area (Å²) in [4.78, 5) is 0.572. The standard InChI is InChI=1S/C23H24F3NS/c1-3-5-6-7-8-9-11-18-14-15-19(16-17(18)4-2)28-22-20(23(25,26)27)12-10-13-21(22)24/h3,5-8,10,12-16H,1,4,9,11,27H2,2H3/b6-5-,8-7+. The van der Waals surface area contributed by atoms with E-state index in [0.29, 0.717) is 4.90 Å². The first-order valence-electron chi connectivity index (χ1n) is 9.06. The molecule has 2 aromatic rings. The third kappa shape index (κ3) is 6.14. The molecule has 0 saturated carbocycles. The number of rotatable bonds is 9. The maximum atomic E-state index is 14.2. The van der Waals surface area contributed by atoms with Crippen LogP contribution in [0.2, 0.25) is 0 Å². The fraction of sp³-hybridized carbons (Fsp3) is 0.217. The molecule has 5 heteroatoms. The molecule has 0 heterocycles. The van der Waals surface area contributed by atoms with Gasteiger partial charge in [-0.3, -0.25) is 5.73 Å². The first kappa shape index (κ1) is 22.1. The maximum Gasteiger partial charge on any atom is 0.328 e. The average molecular weight is 404 g/mol. The Morgan fingerprint density at radius 3 is 2.57 bits per heavy atom. The molecule has 0 radical (unpaired) electrons. The number of aryl methyl sites for hydroxylation is 2. The van der Waals surface area contributed by atoms with Crippen molar-refractivity contribution in [2.24, 2.45) is 5.73 Å². The lowest BCUT2D eigenvalue weighted by Crippen LogP contribution is -2.26. The van der Waals surface area contributed by atoms with Crippen LogP contribution >= 0.6 is 11.8 Å². The van der Waals surface area contributed by atoms with Gasteiger partial charge in [0.2, 0.25) is 0 Å². The first-order valence-corrected chi connectivity index (χ1v) is 9.88. The van der Waals surface area contributed by atoms with Gasteiger partial charge >= 0.3 is 6.05 Å². The Morgan fingerprint density at radius 1 is 1.11 bits per heavy atom. The van der Waals surface area contributed by atoms with Gasteiger partial charge in [0.05, 0.1) is 10.5 Å². The Kier molecular flexibility index (Phi) is 8.15. The van der Waals surface area contributed by atoms with E-state index in [2.05, 4.69) is 12.7 Å². The molecule has 0 atom stereocenters. The van der Waals surface area contributed by atoms with Crippen molar-refractivity contribution >= 4 is 11.8 Å². The minimum absolute atomic E-state index is 0.137. The van der Waals surface area contributed by atoms with Gasteiger partial charge < -0.3 is 0 Å². The van der Waals surface area contributed by atoms with E-state index in [0.717, 1.165) is 42.7 Å². The normalized spacial score (nSPS) is 12.2. The molecule has 0 aliphatic carbocycles. The van der Waals surface area contributed by atoms with E-state index in [4.69, 9.17) is 5.73 Å². The van der Waals surface area contributed by atoms with Crippen LogP contribution in [0.3, 0.4) is 0 Å². The van der Waals surface area contributed by atoms with Gasteiger partial charge in [0.15, 0.2) is 0 Å². The van der Waals surface area contributed by atoms with E-state index in [9.17, 15) is 13.2 Å². The summed E-state index contributed by atoms with van der Waals surface area (Å²) >= 11 is 0.976. The van der Waals surface area contributed by atoms with E-state index >= 15 is 0 Å².